The van der Waals surface area contributed by atoms with Gasteiger partial charge in [0.2, 0.25) is 0 Å². The van der Waals surface area contributed by atoms with Gasteiger partial charge in [-0.15, -0.1) is 0 Å². The normalized spacial score (nSPS) is 10.8. The number of aryl methyl sites for hydroxylation is 1. The van der Waals surface area contributed by atoms with Gasteiger partial charge < -0.3 is 24.3 Å². The molecule has 9 nitrogen and oxygen atoms in total. The van der Waals surface area contributed by atoms with Gasteiger partial charge in [0, 0.05) is 47.5 Å². The summed E-state index contributed by atoms with van der Waals surface area (Å²) in [7, 11) is 2.94. The molecule has 0 saturated carbocycles. The Kier molecular flexibility index (Phi) is 8.09. The van der Waals surface area contributed by atoms with Crippen LogP contribution in [0.3, 0.4) is 0 Å². The number of benzene rings is 2. The fourth-order valence-electron chi connectivity index (χ4n) is 4.36. The number of hydrogen-bond donors (Lipinski definition) is 1. The van der Waals surface area contributed by atoms with Crippen LogP contribution in [0.2, 0.25) is 0 Å². The summed E-state index contributed by atoms with van der Waals surface area (Å²) in [5.74, 6) is -0.620. The van der Waals surface area contributed by atoms with E-state index in [9.17, 15) is 9.18 Å². The van der Waals surface area contributed by atoms with Crippen LogP contribution < -0.4 is 24.3 Å². The van der Waals surface area contributed by atoms with Crippen molar-refractivity contribution in [1.82, 2.24) is 15.0 Å². The number of anilines is 1. The van der Waals surface area contributed by atoms with E-state index in [4.69, 9.17) is 18.9 Å². The third kappa shape index (κ3) is 5.62. The van der Waals surface area contributed by atoms with Crippen LogP contribution >= 0.6 is 0 Å². The first-order valence-electron chi connectivity index (χ1n) is 12.9. The first-order valence-corrected chi connectivity index (χ1v) is 12.9. The highest BCUT2D eigenvalue weighted by atomic mass is 19.1. The van der Waals surface area contributed by atoms with E-state index >= 15 is 4.39 Å². The number of methoxy groups -OCH3 is 2. The van der Waals surface area contributed by atoms with Crippen LogP contribution in [0.5, 0.6) is 28.9 Å². The van der Waals surface area contributed by atoms with E-state index in [1.54, 1.807) is 38.1 Å². The molecule has 3 heterocycles. The standard InChI is InChI=1S/C31H26F2N4O5/c1-5-41-29-21(16-35-17(2)27(29)18-6-8-19(32)9-7-18)30(38)36-20-10-11-24(22(33)14-20)42-25-12-13-34-23-15-26(39-3)31(40-4)37-28(23)25/h6-16H,5H2,1-4H3,(H,36,38). The van der Waals surface area contributed by atoms with Crippen molar-refractivity contribution in [3.05, 3.63) is 89.9 Å². The fraction of sp³-hybridized carbons (Fsp3) is 0.161. The lowest BCUT2D eigenvalue weighted by Gasteiger charge is -2.17. The predicted molar refractivity (Wildman–Crippen MR) is 153 cm³/mol. The van der Waals surface area contributed by atoms with Crippen LogP contribution in [0.15, 0.2) is 67.0 Å². The molecule has 0 spiro atoms. The van der Waals surface area contributed by atoms with Crippen molar-refractivity contribution in [2.75, 3.05) is 26.1 Å². The monoisotopic (exact) mass is 572 g/mol. The molecular formula is C31H26F2N4O5. The molecule has 1 amide bonds. The van der Waals surface area contributed by atoms with E-state index in [-0.39, 0.29) is 41.1 Å². The van der Waals surface area contributed by atoms with Gasteiger partial charge in [0.15, 0.2) is 23.1 Å². The summed E-state index contributed by atoms with van der Waals surface area (Å²) in [4.78, 5) is 26.3. The van der Waals surface area contributed by atoms with Gasteiger partial charge in [-0.25, -0.2) is 13.8 Å². The van der Waals surface area contributed by atoms with Crippen molar-refractivity contribution in [1.29, 1.82) is 0 Å². The van der Waals surface area contributed by atoms with Gasteiger partial charge in [0.05, 0.1) is 26.3 Å². The Morgan fingerprint density at radius 2 is 1.71 bits per heavy atom. The lowest BCUT2D eigenvalue weighted by molar-refractivity contribution is 0.102. The maximum atomic E-state index is 15.2. The molecule has 0 aliphatic heterocycles. The Morgan fingerprint density at radius 3 is 2.40 bits per heavy atom. The molecule has 5 rings (SSSR count). The lowest BCUT2D eigenvalue weighted by atomic mass is 10.0. The summed E-state index contributed by atoms with van der Waals surface area (Å²) in [5.41, 5.74) is 2.93. The SMILES string of the molecule is CCOc1c(C(=O)Nc2ccc(Oc3ccnc4cc(OC)c(OC)nc34)c(F)c2)cnc(C)c1-c1ccc(F)cc1. The highest BCUT2D eigenvalue weighted by Crippen LogP contribution is 2.37. The molecule has 0 aliphatic carbocycles. The number of fused-ring (bicyclic) bond motifs is 1. The van der Waals surface area contributed by atoms with Gasteiger partial charge in [-0.1, -0.05) is 12.1 Å². The van der Waals surface area contributed by atoms with Gasteiger partial charge in [0.1, 0.15) is 22.6 Å². The quantitative estimate of drug-likeness (QED) is 0.207. The van der Waals surface area contributed by atoms with Gasteiger partial charge in [0.25, 0.3) is 11.8 Å². The van der Waals surface area contributed by atoms with Crippen LogP contribution in [0, 0.1) is 18.6 Å². The molecule has 2 aromatic carbocycles. The average Bonchev–Trinajstić information content (AvgIpc) is 2.99. The summed E-state index contributed by atoms with van der Waals surface area (Å²) >= 11 is 0. The highest BCUT2D eigenvalue weighted by molar-refractivity contribution is 6.07. The second kappa shape index (κ2) is 12.0. The molecule has 0 fully saturated rings. The molecular weight excluding hydrogens is 546 g/mol. The number of hydrogen-bond acceptors (Lipinski definition) is 8. The number of nitrogens with one attached hydrogen (secondary N) is 1. The van der Waals surface area contributed by atoms with Crippen molar-refractivity contribution in [3.63, 3.8) is 0 Å². The van der Waals surface area contributed by atoms with Crippen LogP contribution in [0.25, 0.3) is 22.2 Å². The first kappa shape index (κ1) is 28.2. The minimum atomic E-state index is -0.725. The van der Waals surface area contributed by atoms with E-state index in [2.05, 4.69) is 20.3 Å². The molecule has 0 radical (unpaired) electrons. The Hall–Kier alpha value is -5.32. The second-order valence-corrected chi connectivity index (χ2v) is 8.98. The van der Waals surface area contributed by atoms with Crippen molar-refractivity contribution >= 4 is 22.6 Å². The number of nitrogens with zero attached hydrogens (tertiary/aromatic N) is 3. The Bertz CT molecular complexity index is 1780. The number of halogens is 2. The minimum Gasteiger partial charge on any atom is -0.492 e. The average molecular weight is 573 g/mol. The molecule has 0 saturated heterocycles. The van der Waals surface area contributed by atoms with Crippen molar-refractivity contribution in [3.8, 4) is 40.0 Å². The molecule has 11 heteroatoms. The number of amides is 1. The molecule has 0 aliphatic rings. The van der Waals surface area contributed by atoms with Crippen molar-refractivity contribution in [2.45, 2.75) is 13.8 Å². The van der Waals surface area contributed by atoms with Crippen molar-refractivity contribution < 1.29 is 32.5 Å². The first-order chi connectivity index (χ1) is 20.3. The topological polar surface area (TPSA) is 105 Å². The maximum Gasteiger partial charge on any atom is 0.261 e. The van der Waals surface area contributed by atoms with Gasteiger partial charge in [-0.3, -0.25) is 14.8 Å². The maximum absolute atomic E-state index is 15.2. The summed E-state index contributed by atoms with van der Waals surface area (Å²) in [6.45, 7) is 3.83. The van der Waals surface area contributed by atoms with Gasteiger partial charge in [-0.05, 0) is 43.7 Å². The molecule has 42 heavy (non-hydrogen) atoms. The molecule has 1 N–H and O–H groups in total. The summed E-state index contributed by atoms with van der Waals surface area (Å²) in [5, 5.41) is 2.69. The third-order valence-electron chi connectivity index (χ3n) is 6.32. The molecule has 5 aromatic rings. The summed E-state index contributed by atoms with van der Waals surface area (Å²) in [6.07, 6.45) is 2.89. The fourth-order valence-corrected chi connectivity index (χ4v) is 4.36. The Morgan fingerprint density at radius 1 is 0.929 bits per heavy atom. The van der Waals surface area contributed by atoms with Crippen LogP contribution in [0.1, 0.15) is 23.0 Å². The number of carbonyl (C=O) groups is 1. The number of ether oxygens (including phenoxy) is 4. The largest absolute Gasteiger partial charge is 0.492 e. The number of carbonyl (C=O) groups excluding carboxylic acids is 1. The number of rotatable bonds is 9. The molecule has 0 bridgehead atoms. The zero-order chi connectivity index (χ0) is 29.8. The van der Waals surface area contributed by atoms with E-state index < -0.39 is 11.7 Å². The number of pyridine rings is 3. The van der Waals surface area contributed by atoms with E-state index in [0.29, 0.717) is 39.4 Å². The summed E-state index contributed by atoms with van der Waals surface area (Å²) in [6, 6.07) is 13.0. The smallest absolute Gasteiger partial charge is 0.261 e. The van der Waals surface area contributed by atoms with E-state index in [1.165, 1.54) is 50.9 Å². The zero-order valence-electron chi connectivity index (χ0n) is 23.2. The van der Waals surface area contributed by atoms with Gasteiger partial charge in [-0.2, -0.15) is 0 Å². The van der Waals surface area contributed by atoms with Crippen LogP contribution in [-0.2, 0) is 0 Å². The molecule has 0 atom stereocenters. The van der Waals surface area contributed by atoms with Crippen LogP contribution in [0.4, 0.5) is 14.5 Å². The highest BCUT2D eigenvalue weighted by Gasteiger charge is 2.22. The summed E-state index contributed by atoms with van der Waals surface area (Å²) < 4.78 is 51.0. The van der Waals surface area contributed by atoms with Crippen LogP contribution in [-0.4, -0.2) is 41.7 Å². The molecule has 3 aromatic heterocycles. The zero-order valence-corrected chi connectivity index (χ0v) is 23.2. The predicted octanol–water partition coefficient (Wildman–Crippen LogP) is 6.74. The third-order valence-corrected chi connectivity index (χ3v) is 6.32. The molecule has 214 valence electrons. The number of aromatic nitrogens is 3. The minimum absolute atomic E-state index is 0.0947. The lowest BCUT2D eigenvalue weighted by Crippen LogP contribution is -2.15. The second-order valence-electron chi connectivity index (χ2n) is 8.98. The van der Waals surface area contributed by atoms with Crippen molar-refractivity contribution in [2.24, 2.45) is 0 Å². The molecule has 0 unspecified atom stereocenters. The Labute approximate surface area is 240 Å². The van der Waals surface area contributed by atoms with E-state index in [0.717, 1.165) is 6.07 Å². The van der Waals surface area contributed by atoms with E-state index in [1.807, 2.05) is 0 Å². The van der Waals surface area contributed by atoms with Gasteiger partial charge >= 0.3 is 0 Å². The Balaban J connectivity index is 1.42.